The van der Waals surface area contributed by atoms with E-state index in [-0.39, 0.29) is 24.0 Å². The lowest BCUT2D eigenvalue weighted by Crippen LogP contribution is -2.42. The molecule has 0 atom stereocenters. The van der Waals surface area contributed by atoms with Gasteiger partial charge in [-0.2, -0.15) is 0 Å². The fourth-order valence-electron chi connectivity index (χ4n) is 3.60. The zero-order valence-electron chi connectivity index (χ0n) is 16.7. The van der Waals surface area contributed by atoms with E-state index in [2.05, 4.69) is 22.2 Å². The van der Waals surface area contributed by atoms with Crippen LogP contribution in [0.25, 0.3) is 0 Å². The normalized spacial score (nSPS) is 13.1. The van der Waals surface area contributed by atoms with Gasteiger partial charge in [0.05, 0.1) is 17.8 Å². The van der Waals surface area contributed by atoms with Crippen LogP contribution in [0.4, 0.5) is 14.9 Å². The number of carbonyl (C=O) groups excluding carboxylic acids is 1. The third-order valence-electron chi connectivity index (χ3n) is 5.28. The smallest absolute Gasteiger partial charge is 0.320 e. The zero-order valence-corrected chi connectivity index (χ0v) is 16.7. The maximum atomic E-state index is 13.1. The van der Waals surface area contributed by atoms with Gasteiger partial charge in [-0.1, -0.05) is 31.2 Å². The van der Waals surface area contributed by atoms with Gasteiger partial charge in [0.15, 0.2) is 0 Å². The van der Waals surface area contributed by atoms with Gasteiger partial charge in [-0.05, 0) is 41.8 Å². The van der Waals surface area contributed by atoms with Crippen molar-refractivity contribution in [3.8, 4) is 0 Å². The number of aryl methyl sites for hydroxylation is 1. The van der Waals surface area contributed by atoms with E-state index in [1.165, 1.54) is 12.1 Å². The van der Waals surface area contributed by atoms with Gasteiger partial charge < -0.3 is 15.2 Å². The SMILES string of the molecule is CCc1cccc(NC(=O)N2CCc3nc(Cc4ccc(F)cc4)[nH]c(=O)c3C2)c1. The molecular weight excluding hydrogens is 383 g/mol. The molecule has 1 aliphatic rings. The molecule has 30 heavy (non-hydrogen) atoms. The highest BCUT2D eigenvalue weighted by Crippen LogP contribution is 2.17. The van der Waals surface area contributed by atoms with Gasteiger partial charge in [0, 0.05) is 25.1 Å². The van der Waals surface area contributed by atoms with Crippen molar-refractivity contribution in [2.75, 3.05) is 11.9 Å². The molecule has 0 spiro atoms. The molecule has 3 aromatic rings. The molecule has 4 rings (SSSR count). The predicted molar refractivity (Wildman–Crippen MR) is 113 cm³/mol. The fourth-order valence-corrected chi connectivity index (χ4v) is 3.60. The second-order valence-corrected chi connectivity index (χ2v) is 7.40. The number of rotatable bonds is 4. The highest BCUT2D eigenvalue weighted by molar-refractivity contribution is 5.89. The van der Waals surface area contributed by atoms with E-state index in [0.29, 0.717) is 36.5 Å². The molecule has 0 unspecified atom stereocenters. The van der Waals surface area contributed by atoms with Crippen molar-refractivity contribution in [2.45, 2.75) is 32.7 Å². The lowest BCUT2D eigenvalue weighted by Gasteiger charge is -2.28. The first-order valence-electron chi connectivity index (χ1n) is 10.0. The average Bonchev–Trinajstić information content (AvgIpc) is 2.75. The number of aromatic nitrogens is 2. The van der Waals surface area contributed by atoms with Crippen LogP contribution < -0.4 is 10.9 Å². The van der Waals surface area contributed by atoms with E-state index >= 15 is 0 Å². The molecule has 0 radical (unpaired) electrons. The Balaban J connectivity index is 1.47. The summed E-state index contributed by atoms with van der Waals surface area (Å²) in [4.78, 5) is 34.3. The number of nitrogens with zero attached hydrogens (tertiary/aromatic N) is 2. The van der Waals surface area contributed by atoms with Crippen molar-refractivity contribution >= 4 is 11.7 Å². The highest BCUT2D eigenvalue weighted by atomic mass is 19.1. The van der Waals surface area contributed by atoms with Crippen LogP contribution in [-0.2, 0) is 25.8 Å². The van der Waals surface area contributed by atoms with Gasteiger partial charge in [0.2, 0.25) is 0 Å². The van der Waals surface area contributed by atoms with E-state index in [1.807, 2.05) is 24.3 Å². The summed E-state index contributed by atoms with van der Waals surface area (Å²) in [6.07, 6.45) is 1.82. The first-order chi connectivity index (χ1) is 14.5. The van der Waals surface area contributed by atoms with Crippen molar-refractivity contribution in [2.24, 2.45) is 0 Å². The fraction of sp³-hybridized carbons (Fsp3) is 0.261. The van der Waals surface area contributed by atoms with Crippen LogP contribution in [0.3, 0.4) is 0 Å². The summed E-state index contributed by atoms with van der Waals surface area (Å²) in [7, 11) is 0. The Morgan fingerprint density at radius 3 is 2.77 bits per heavy atom. The third-order valence-corrected chi connectivity index (χ3v) is 5.28. The van der Waals surface area contributed by atoms with Crippen LogP contribution in [-0.4, -0.2) is 27.4 Å². The number of amides is 2. The molecule has 2 aromatic carbocycles. The van der Waals surface area contributed by atoms with Crippen molar-refractivity contribution < 1.29 is 9.18 Å². The maximum absolute atomic E-state index is 13.1. The summed E-state index contributed by atoms with van der Waals surface area (Å²) in [6, 6.07) is 13.6. The molecule has 0 saturated heterocycles. The molecule has 2 heterocycles. The number of carbonyl (C=O) groups is 1. The highest BCUT2D eigenvalue weighted by Gasteiger charge is 2.24. The van der Waals surface area contributed by atoms with Crippen LogP contribution in [0.15, 0.2) is 53.3 Å². The third kappa shape index (κ3) is 4.40. The van der Waals surface area contributed by atoms with Crippen LogP contribution in [0.5, 0.6) is 0 Å². The van der Waals surface area contributed by atoms with Gasteiger partial charge in [-0.15, -0.1) is 0 Å². The van der Waals surface area contributed by atoms with Crippen molar-refractivity contribution in [3.63, 3.8) is 0 Å². The number of fused-ring (bicyclic) bond motifs is 1. The number of hydrogen-bond donors (Lipinski definition) is 2. The molecule has 1 aliphatic heterocycles. The Morgan fingerprint density at radius 2 is 2.00 bits per heavy atom. The minimum atomic E-state index is -0.301. The Bertz CT molecular complexity index is 1120. The average molecular weight is 406 g/mol. The molecule has 2 N–H and O–H groups in total. The van der Waals surface area contributed by atoms with Crippen LogP contribution >= 0.6 is 0 Å². The number of nitrogens with one attached hydrogen (secondary N) is 2. The standard InChI is InChI=1S/C23H23FN4O2/c1-2-15-4-3-5-18(12-15)25-23(30)28-11-10-20-19(14-28)22(29)27-21(26-20)13-16-6-8-17(24)9-7-16/h3-9,12H,2,10-11,13-14H2,1H3,(H,25,30)(H,26,27,29). The minimum Gasteiger partial charge on any atom is -0.320 e. The molecule has 6 nitrogen and oxygen atoms in total. The Kier molecular flexibility index (Phi) is 5.61. The number of H-pyrrole nitrogens is 1. The lowest BCUT2D eigenvalue weighted by atomic mass is 10.1. The molecule has 0 saturated carbocycles. The number of hydrogen-bond acceptors (Lipinski definition) is 3. The second-order valence-electron chi connectivity index (χ2n) is 7.40. The van der Waals surface area contributed by atoms with Gasteiger partial charge in [0.25, 0.3) is 5.56 Å². The summed E-state index contributed by atoms with van der Waals surface area (Å²) in [6.45, 7) is 2.76. The summed E-state index contributed by atoms with van der Waals surface area (Å²) in [5.74, 6) is 0.241. The maximum Gasteiger partial charge on any atom is 0.322 e. The van der Waals surface area contributed by atoms with Crippen molar-refractivity contribution in [3.05, 3.63) is 92.9 Å². The van der Waals surface area contributed by atoms with E-state index in [9.17, 15) is 14.0 Å². The minimum absolute atomic E-state index is 0.216. The summed E-state index contributed by atoms with van der Waals surface area (Å²) in [5.41, 5.74) is 3.75. The predicted octanol–water partition coefficient (Wildman–Crippen LogP) is 3.65. The first kappa shape index (κ1) is 19.8. The first-order valence-corrected chi connectivity index (χ1v) is 10.0. The van der Waals surface area contributed by atoms with E-state index in [4.69, 9.17) is 0 Å². The number of benzene rings is 2. The number of aromatic amines is 1. The van der Waals surface area contributed by atoms with Gasteiger partial charge in [-0.25, -0.2) is 14.2 Å². The quantitative estimate of drug-likeness (QED) is 0.694. The Morgan fingerprint density at radius 1 is 1.20 bits per heavy atom. The number of anilines is 1. The van der Waals surface area contributed by atoms with Crippen LogP contribution in [0.1, 0.15) is 35.1 Å². The van der Waals surface area contributed by atoms with Gasteiger partial charge in [-0.3, -0.25) is 4.79 Å². The molecule has 7 heteroatoms. The summed E-state index contributed by atoms with van der Waals surface area (Å²) in [5, 5.41) is 2.91. The lowest BCUT2D eigenvalue weighted by molar-refractivity contribution is 0.205. The Hall–Kier alpha value is -3.48. The zero-order chi connectivity index (χ0) is 21.1. The molecule has 0 bridgehead atoms. The van der Waals surface area contributed by atoms with E-state index in [0.717, 1.165) is 23.2 Å². The molecule has 1 aromatic heterocycles. The van der Waals surface area contributed by atoms with Crippen molar-refractivity contribution in [1.82, 2.24) is 14.9 Å². The van der Waals surface area contributed by atoms with E-state index < -0.39 is 0 Å². The summed E-state index contributed by atoms with van der Waals surface area (Å²) >= 11 is 0. The van der Waals surface area contributed by atoms with Crippen molar-refractivity contribution in [1.29, 1.82) is 0 Å². The largest absolute Gasteiger partial charge is 0.322 e. The monoisotopic (exact) mass is 406 g/mol. The second kappa shape index (κ2) is 8.49. The topological polar surface area (TPSA) is 78.1 Å². The molecule has 2 amide bonds. The van der Waals surface area contributed by atoms with E-state index in [1.54, 1.807) is 17.0 Å². The van der Waals surface area contributed by atoms with Gasteiger partial charge >= 0.3 is 6.03 Å². The van der Waals surface area contributed by atoms with Crippen LogP contribution in [0, 0.1) is 5.82 Å². The molecular formula is C23H23FN4O2. The number of urea groups is 1. The molecule has 0 aliphatic carbocycles. The molecule has 154 valence electrons. The number of halogens is 1. The van der Waals surface area contributed by atoms with Crippen LogP contribution in [0.2, 0.25) is 0 Å². The Labute approximate surface area is 173 Å². The molecule has 0 fully saturated rings. The van der Waals surface area contributed by atoms with Gasteiger partial charge in [0.1, 0.15) is 11.6 Å². The summed E-state index contributed by atoms with van der Waals surface area (Å²) < 4.78 is 13.1.